The third kappa shape index (κ3) is 4.33. The number of carbonyl (C=O) groups excluding carboxylic acids is 1. The Morgan fingerprint density at radius 1 is 1.04 bits per heavy atom. The number of methoxy groups -OCH3 is 1. The van der Waals surface area contributed by atoms with Gasteiger partial charge in [0.1, 0.15) is 11.4 Å². The number of sulfonamides is 1. The molecule has 0 bridgehead atoms. The molecule has 5 nitrogen and oxygen atoms in total. The second-order valence-corrected chi connectivity index (χ2v) is 8.22. The molecule has 2 aromatic rings. The number of hydrogen-bond donors (Lipinski definition) is 0. The highest BCUT2D eigenvalue weighted by molar-refractivity contribution is 7.93. The van der Waals surface area contributed by atoms with Crippen molar-refractivity contribution in [3.05, 3.63) is 56.5 Å². The predicted molar refractivity (Wildman–Crippen MR) is 99.5 cm³/mol. The van der Waals surface area contributed by atoms with Gasteiger partial charge < -0.3 is 4.74 Å². The first-order chi connectivity index (χ1) is 11.7. The van der Waals surface area contributed by atoms with E-state index in [-0.39, 0.29) is 30.7 Å². The van der Waals surface area contributed by atoms with Crippen LogP contribution in [0.5, 0.6) is 0 Å². The number of halogens is 4. The number of hydrogen-bond acceptors (Lipinski definition) is 4. The van der Waals surface area contributed by atoms with Crippen molar-refractivity contribution in [1.82, 2.24) is 0 Å². The molecule has 0 unspecified atom stereocenters. The standard InChI is InChI=1S/C15H11Cl4NO4S/c1-24-14(21)8-20(15-11(18)3-2-4-12(15)19)25(22,23)13-7-9(16)5-6-10(13)17/h2-7H,8H2,1H3. The molecule has 0 spiro atoms. The second kappa shape index (κ2) is 8.01. The minimum atomic E-state index is -4.31. The van der Waals surface area contributed by atoms with E-state index >= 15 is 0 Å². The van der Waals surface area contributed by atoms with Gasteiger partial charge in [0.2, 0.25) is 0 Å². The minimum absolute atomic E-state index is 0.0399. The smallest absolute Gasteiger partial charge is 0.326 e. The lowest BCUT2D eigenvalue weighted by Crippen LogP contribution is -2.37. The Kier molecular flexibility index (Phi) is 6.45. The van der Waals surface area contributed by atoms with E-state index in [0.717, 1.165) is 11.4 Å². The molecular weight excluding hydrogens is 432 g/mol. The Labute approximate surface area is 165 Å². The molecule has 0 N–H and O–H groups in total. The number of ether oxygens (including phenoxy) is 1. The Morgan fingerprint density at radius 2 is 1.64 bits per heavy atom. The lowest BCUT2D eigenvalue weighted by atomic mass is 10.3. The molecule has 0 aromatic heterocycles. The summed E-state index contributed by atoms with van der Waals surface area (Å²) >= 11 is 24.1. The highest BCUT2D eigenvalue weighted by Gasteiger charge is 2.32. The molecule has 0 saturated heterocycles. The fraction of sp³-hybridized carbons (Fsp3) is 0.133. The van der Waals surface area contributed by atoms with Gasteiger partial charge in [-0.2, -0.15) is 0 Å². The van der Waals surface area contributed by atoms with Crippen LogP contribution in [-0.2, 0) is 19.6 Å². The summed E-state index contributed by atoms with van der Waals surface area (Å²) in [6.45, 7) is -0.648. The van der Waals surface area contributed by atoms with Crippen molar-refractivity contribution in [2.75, 3.05) is 18.0 Å². The number of esters is 1. The van der Waals surface area contributed by atoms with Crippen molar-refractivity contribution in [1.29, 1.82) is 0 Å². The highest BCUT2D eigenvalue weighted by Crippen LogP contribution is 2.38. The normalized spacial score (nSPS) is 11.2. The molecular formula is C15H11Cl4NO4S. The molecule has 0 heterocycles. The average Bonchev–Trinajstić information content (AvgIpc) is 2.55. The van der Waals surface area contributed by atoms with Crippen LogP contribution in [-0.4, -0.2) is 28.0 Å². The summed E-state index contributed by atoms with van der Waals surface area (Å²) in [4.78, 5) is 11.5. The monoisotopic (exact) mass is 441 g/mol. The zero-order valence-corrected chi connectivity index (χ0v) is 16.5. The van der Waals surface area contributed by atoms with E-state index in [1.165, 1.54) is 30.3 Å². The van der Waals surface area contributed by atoms with Crippen LogP contribution in [0.4, 0.5) is 5.69 Å². The Balaban J connectivity index is 2.71. The summed E-state index contributed by atoms with van der Waals surface area (Å²) in [5.41, 5.74) is -0.0627. The van der Waals surface area contributed by atoms with E-state index in [4.69, 9.17) is 46.4 Å². The van der Waals surface area contributed by atoms with Crippen molar-refractivity contribution >= 4 is 68.1 Å². The van der Waals surface area contributed by atoms with Gasteiger partial charge in [-0.3, -0.25) is 9.10 Å². The molecule has 0 radical (unpaired) electrons. The lowest BCUT2D eigenvalue weighted by molar-refractivity contribution is -0.138. The van der Waals surface area contributed by atoms with E-state index in [9.17, 15) is 13.2 Å². The van der Waals surface area contributed by atoms with Gasteiger partial charge in [-0.1, -0.05) is 52.5 Å². The molecule has 0 amide bonds. The molecule has 0 aliphatic heterocycles. The Hall–Kier alpha value is -1.18. The topological polar surface area (TPSA) is 63.7 Å². The van der Waals surface area contributed by atoms with Crippen molar-refractivity contribution in [3.63, 3.8) is 0 Å². The van der Waals surface area contributed by atoms with Crippen molar-refractivity contribution < 1.29 is 17.9 Å². The lowest BCUT2D eigenvalue weighted by Gasteiger charge is -2.25. The van der Waals surface area contributed by atoms with Crippen LogP contribution in [0.2, 0.25) is 20.1 Å². The van der Waals surface area contributed by atoms with Gasteiger partial charge in [-0.25, -0.2) is 8.42 Å². The molecule has 0 aliphatic carbocycles. The molecule has 0 atom stereocenters. The summed E-state index contributed by atoms with van der Waals surface area (Å²) < 4.78 is 31.6. The zero-order valence-electron chi connectivity index (χ0n) is 12.7. The Morgan fingerprint density at radius 3 is 2.20 bits per heavy atom. The number of nitrogens with zero attached hydrogens (tertiary/aromatic N) is 1. The Bertz CT molecular complexity index is 897. The van der Waals surface area contributed by atoms with Gasteiger partial charge in [-0.15, -0.1) is 0 Å². The molecule has 2 aromatic carbocycles. The van der Waals surface area contributed by atoms with Crippen LogP contribution in [0, 0.1) is 0 Å². The fourth-order valence-electron chi connectivity index (χ4n) is 1.99. The maximum Gasteiger partial charge on any atom is 0.326 e. The van der Waals surface area contributed by atoms with Crippen LogP contribution >= 0.6 is 46.4 Å². The number of rotatable bonds is 5. The third-order valence-electron chi connectivity index (χ3n) is 3.15. The first-order valence-electron chi connectivity index (χ1n) is 6.67. The quantitative estimate of drug-likeness (QED) is 0.631. The minimum Gasteiger partial charge on any atom is -0.468 e. The summed E-state index contributed by atoms with van der Waals surface area (Å²) in [6, 6.07) is 8.39. The van der Waals surface area contributed by atoms with E-state index in [0.29, 0.717) is 0 Å². The number of benzene rings is 2. The van der Waals surface area contributed by atoms with Crippen LogP contribution in [0.25, 0.3) is 0 Å². The molecule has 0 fully saturated rings. The second-order valence-electron chi connectivity index (χ2n) is 4.73. The van der Waals surface area contributed by atoms with E-state index in [1.807, 2.05) is 0 Å². The fourth-order valence-corrected chi connectivity index (χ4v) is 4.88. The van der Waals surface area contributed by atoms with Crippen molar-refractivity contribution in [2.45, 2.75) is 4.90 Å². The summed E-state index contributed by atoms with van der Waals surface area (Å²) in [5, 5.41) is 0.171. The first-order valence-corrected chi connectivity index (χ1v) is 9.62. The number of carbonyl (C=O) groups is 1. The van der Waals surface area contributed by atoms with Crippen LogP contribution in [0.1, 0.15) is 0 Å². The predicted octanol–water partition coefficient (Wildman–Crippen LogP) is 4.67. The molecule has 0 aliphatic rings. The van der Waals surface area contributed by atoms with E-state index in [2.05, 4.69) is 4.74 Å². The molecule has 25 heavy (non-hydrogen) atoms. The summed E-state index contributed by atoms with van der Waals surface area (Å²) in [7, 11) is -3.18. The SMILES string of the molecule is COC(=O)CN(c1c(Cl)cccc1Cl)S(=O)(=O)c1cc(Cl)ccc1Cl. The van der Waals surface area contributed by atoms with Gasteiger partial charge in [-0.05, 0) is 30.3 Å². The van der Waals surface area contributed by atoms with Gasteiger partial charge in [0.15, 0.2) is 0 Å². The number of para-hydroxylation sites is 1. The summed E-state index contributed by atoms with van der Waals surface area (Å²) in [5.74, 6) is -0.808. The van der Waals surface area contributed by atoms with Gasteiger partial charge in [0.25, 0.3) is 10.0 Å². The average molecular weight is 443 g/mol. The van der Waals surface area contributed by atoms with Crippen molar-refractivity contribution in [3.8, 4) is 0 Å². The number of anilines is 1. The molecule has 2 rings (SSSR count). The molecule has 134 valence electrons. The van der Waals surface area contributed by atoms with E-state index < -0.39 is 22.5 Å². The van der Waals surface area contributed by atoms with Crippen molar-refractivity contribution in [2.24, 2.45) is 0 Å². The van der Waals surface area contributed by atoms with Gasteiger partial charge >= 0.3 is 5.97 Å². The van der Waals surface area contributed by atoms with E-state index in [1.54, 1.807) is 6.07 Å². The van der Waals surface area contributed by atoms with Gasteiger partial charge in [0, 0.05) is 5.02 Å². The first kappa shape index (κ1) is 20.1. The highest BCUT2D eigenvalue weighted by atomic mass is 35.5. The largest absolute Gasteiger partial charge is 0.468 e. The van der Waals surface area contributed by atoms with Crippen LogP contribution < -0.4 is 4.31 Å². The third-order valence-corrected chi connectivity index (χ3v) is 6.22. The molecule has 10 heteroatoms. The zero-order chi connectivity index (χ0) is 18.8. The van der Waals surface area contributed by atoms with Crippen LogP contribution in [0.15, 0.2) is 41.3 Å². The maximum atomic E-state index is 13.1. The van der Waals surface area contributed by atoms with Gasteiger partial charge in [0.05, 0.1) is 27.9 Å². The maximum absolute atomic E-state index is 13.1. The van der Waals surface area contributed by atoms with Crippen LogP contribution in [0.3, 0.4) is 0 Å². The molecule has 0 saturated carbocycles. The summed E-state index contributed by atoms with van der Waals surface area (Å²) in [6.07, 6.45) is 0.